The van der Waals surface area contributed by atoms with Crippen LogP contribution in [0.5, 0.6) is 0 Å². The van der Waals surface area contributed by atoms with Crippen molar-refractivity contribution < 1.29 is 9.59 Å². The molecule has 0 bridgehead atoms. The lowest BCUT2D eigenvalue weighted by molar-refractivity contribution is -0.120. The van der Waals surface area contributed by atoms with Crippen LogP contribution in [-0.4, -0.2) is 18.4 Å². The Kier molecular flexibility index (Phi) is 4.91. The molecule has 2 N–H and O–H groups in total. The van der Waals surface area contributed by atoms with Gasteiger partial charge in [-0.2, -0.15) is 0 Å². The minimum Gasteiger partial charge on any atom is -0.348 e. The van der Waals surface area contributed by atoms with Crippen molar-refractivity contribution >= 4 is 33.9 Å². The van der Waals surface area contributed by atoms with Crippen LogP contribution in [0.25, 0.3) is 10.8 Å². The van der Waals surface area contributed by atoms with Crippen LogP contribution >= 0.6 is 11.3 Å². The van der Waals surface area contributed by atoms with E-state index in [2.05, 4.69) is 28.8 Å². The van der Waals surface area contributed by atoms with Crippen molar-refractivity contribution in [3.8, 4) is 0 Å². The first-order valence-corrected chi connectivity index (χ1v) is 8.61. The van der Waals surface area contributed by atoms with Gasteiger partial charge in [-0.05, 0) is 40.8 Å². The largest absolute Gasteiger partial charge is 0.348 e. The quantitative estimate of drug-likeness (QED) is 0.748. The molecule has 5 heteroatoms. The molecule has 2 aromatic carbocycles. The summed E-state index contributed by atoms with van der Waals surface area (Å²) in [5.41, 5.74) is 1.03. The predicted molar refractivity (Wildman–Crippen MR) is 97.2 cm³/mol. The monoisotopic (exact) mass is 338 g/mol. The molecule has 3 rings (SSSR count). The highest BCUT2D eigenvalue weighted by Gasteiger charge is 2.12. The van der Waals surface area contributed by atoms with Gasteiger partial charge < -0.3 is 10.6 Å². The van der Waals surface area contributed by atoms with E-state index in [1.807, 2.05) is 36.6 Å². The van der Waals surface area contributed by atoms with Crippen molar-refractivity contribution in [2.45, 2.75) is 13.0 Å². The molecule has 0 saturated heterocycles. The van der Waals surface area contributed by atoms with Crippen LogP contribution in [0, 0.1) is 0 Å². The number of nitrogens with one attached hydrogen (secondary N) is 2. The number of carbonyl (C=O) groups is 2. The zero-order valence-corrected chi connectivity index (χ0v) is 14.1. The highest BCUT2D eigenvalue weighted by molar-refractivity contribution is 7.12. The third-order valence-electron chi connectivity index (χ3n) is 3.81. The Hall–Kier alpha value is -2.66. The Morgan fingerprint density at radius 2 is 1.83 bits per heavy atom. The number of carbonyl (C=O) groups excluding carboxylic acids is 2. The number of thiophene rings is 1. The molecular formula is C19H18N2O2S. The minimum absolute atomic E-state index is 0.0331. The van der Waals surface area contributed by atoms with Crippen molar-refractivity contribution in [2.24, 2.45) is 0 Å². The van der Waals surface area contributed by atoms with E-state index in [0.717, 1.165) is 10.9 Å². The van der Waals surface area contributed by atoms with E-state index in [0.29, 0.717) is 4.88 Å². The Morgan fingerprint density at radius 1 is 1.04 bits per heavy atom. The molecule has 3 aromatic rings. The molecule has 0 saturated carbocycles. The third-order valence-corrected chi connectivity index (χ3v) is 4.67. The summed E-state index contributed by atoms with van der Waals surface area (Å²) >= 11 is 1.35. The van der Waals surface area contributed by atoms with Crippen LogP contribution in [-0.2, 0) is 4.79 Å². The molecule has 24 heavy (non-hydrogen) atoms. The zero-order valence-electron chi connectivity index (χ0n) is 13.3. The molecule has 1 heterocycles. The first-order chi connectivity index (χ1) is 11.6. The second-order valence-corrected chi connectivity index (χ2v) is 6.50. The highest BCUT2D eigenvalue weighted by Crippen LogP contribution is 2.20. The van der Waals surface area contributed by atoms with Crippen molar-refractivity contribution in [1.82, 2.24) is 10.6 Å². The van der Waals surface area contributed by atoms with Crippen LogP contribution in [0.1, 0.15) is 28.2 Å². The lowest BCUT2D eigenvalue weighted by Crippen LogP contribution is -2.37. The number of hydrogen-bond acceptors (Lipinski definition) is 3. The van der Waals surface area contributed by atoms with Crippen molar-refractivity contribution in [3.63, 3.8) is 0 Å². The van der Waals surface area contributed by atoms with Crippen LogP contribution in [0.3, 0.4) is 0 Å². The molecule has 0 aliphatic carbocycles. The normalized spacial score (nSPS) is 11.9. The zero-order chi connectivity index (χ0) is 16.9. The average molecular weight is 338 g/mol. The minimum atomic E-state index is -0.224. The van der Waals surface area contributed by atoms with Crippen molar-refractivity contribution in [2.75, 3.05) is 6.54 Å². The summed E-state index contributed by atoms with van der Waals surface area (Å²) in [6.45, 7) is 1.90. The summed E-state index contributed by atoms with van der Waals surface area (Å²) in [6, 6.07) is 17.7. The van der Waals surface area contributed by atoms with E-state index in [9.17, 15) is 9.59 Å². The molecule has 0 radical (unpaired) electrons. The maximum atomic E-state index is 12.0. The lowest BCUT2D eigenvalue weighted by atomic mass is 10.0. The molecule has 2 amide bonds. The molecule has 0 spiro atoms. The fourth-order valence-corrected chi connectivity index (χ4v) is 3.15. The fraction of sp³-hybridized carbons (Fsp3) is 0.158. The van der Waals surface area contributed by atoms with Gasteiger partial charge in [-0.1, -0.05) is 42.5 Å². The molecule has 4 nitrogen and oxygen atoms in total. The van der Waals surface area contributed by atoms with Crippen LogP contribution in [0.15, 0.2) is 60.0 Å². The molecule has 0 aliphatic heterocycles. The molecule has 1 atom stereocenters. The highest BCUT2D eigenvalue weighted by atomic mass is 32.1. The number of fused-ring (bicyclic) bond motifs is 1. The summed E-state index contributed by atoms with van der Waals surface area (Å²) in [6.07, 6.45) is 0. The second-order valence-electron chi connectivity index (χ2n) is 5.56. The average Bonchev–Trinajstić information content (AvgIpc) is 3.14. The smallest absolute Gasteiger partial charge is 0.261 e. The van der Waals surface area contributed by atoms with Gasteiger partial charge in [0.25, 0.3) is 5.91 Å². The lowest BCUT2D eigenvalue weighted by Gasteiger charge is -2.15. The number of benzene rings is 2. The van der Waals surface area contributed by atoms with Gasteiger partial charge in [0, 0.05) is 0 Å². The second kappa shape index (κ2) is 7.27. The third kappa shape index (κ3) is 3.81. The topological polar surface area (TPSA) is 58.2 Å². The summed E-state index contributed by atoms with van der Waals surface area (Å²) in [5.74, 6) is -0.431. The summed E-state index contributed by atoms with van der Waals surface area (Å²) in [4.78, 5) is 24.5. The van der Waals surface area contributed by atoms with Gasteiger partial charge >= 0.3 is 0 Å². The number of hydrogen-bond donors (Lipinski definition) is 2. The van der Waals surface area contributed by atoms with E-state index in [1.54, 1.807) is 12.1 Å². The Labute approximate surface area is 144 Å². The summed E-state index contributed by atoms with van der Waals surface area (Å²) in [7, 11) is 0. The van der Waals surface area contributed by atoms with Gasteiger partial charge in [0.05, 0.1) is 17.5 Å². The summed E-state index contributed by atoms with van der Waals surface area (Å²) < 4.78 is 0. The SMILES string of the molecule is C[C@@H](NC(=O)CNC(=O)c1cccs1)c1ccc2ccccc2c1. The molecule has 122 valence electrons. The van der Waals surface area contributed by atoms with Gasteiger partial charge in [-0.25, -0.2) is 0 Å². The molecule has 0 fully saturated rings. The van der Waals surface area contributed by atoms with Gasteiger partial charge in [0.2, 0.25) is 5.91 Å². The summed E-state index contributed by atoms with van der Waals surface area (Å²) in [5, 5.41) is 9.68. The first-order valence-electron chi connectivity index (χ1n) is 7.73. The predicted octanol–water partition coefficient (Wildman–Crippen LogP) is 3.51. The van der Waals surface area contributed by atoms with Crippen molar-refractivity contribution in [3.05, 3.63) is 70.4 Å². The molecule has 0 unspecified atom stereocenters. The van der Waals surface area contributed by atoms with Crippen LogP contribution in [0.4, 0.5) is 0 Å². The van der Waals surface area contributed by atoms with Crippen LogP contribution in [0.2, 0.25) is 0 Å². The molecule has 0 aliphatic rings. The Morgan fingerprint density at radius 3 is 2.58 bits per heavy atom. The van der Waals surface area contributed by atoms with E-state index < -0.39 is 0 Å². The molecular weight excluding hydrogens is 320 g/mol. The van der Waals surface area contributed by atoms with E-state index in [-0.39, 0.29) is 24.4 Å². The Balaban J connectivity index is 1.57. The van der Waals surface area contributed by atoms with Crippen LogP contribution < -0.4 is 10.6 Å². The number of rotatable bonds is 5. The van der Waals surface area contributed by atoms with Gasteiger partial charge in [0.1, 0.15) is 0 Å². The van der Waals surface area contributed by atoms with Gasteiger partial charge in [0.15, 0.2) is 0 Å². The first kappa shape index (κ1) is 16.2. The van der Waals surface area contributed by atoms with E-state index in [4.69, 9.17) is 0 Å². The maximum absolute atomic E-state index is 12.0. The van der Waals surface area contributed by atoms with E-state index >= 15 is 0 Å². The van der Waals surface area contributed by atoms with Gasteiger partial charge in [-0.15, -0.1) is 11.3 Å². The molecule has 1 aromatic heterocycles. The Bertz CT molecular complexity index is 859. The fourth-order valence-electron chi connectivity index (χ4n) is 2.51. The number of amides is 2. The standard InChI is InChI=1S/C19H18N2O2S/c1-13(15-9-8-14-5-2-3-6-16(14)11-15)21-18(22)12-20-19(23)17-7-4-10-24-17/h2-11,13H,12H2,1H3,(H,20,23)(H,21,22)/t13-/m1/s1. The van der Waals surface area contributed by atoms with E-state index in [1.165, 1.54) is 16.7 Å². The maximum Gasteiger partial charge on any atom is 0.261 e. The van der Waals surface area contributed by atoms with Crippen molar-refractivity contribution in [1.29, 1.82) is 0 Å². The van der Waals surface area contributed by atoms with Gasteiger partial charge in [-0.3, -0.25) is 9.59 Å².